The van der Waals surface area contributed by atoms with Crippen molar-refractivity contribution < 1.29 is 0 Å². The van der Waals surface area contributed by atoms with Gasteiger partial charge in [-0.2, -0.15) is 0 Å². The van der Waals surface area contributed by atoms with Crippen LogP contribution in [-0.4, -0.2) is 24.2 Å². The zero-order chi connectivity index (χ0) is 76.5. The molecule has 0 aliphatic rings. The topological polar surface area (TPSA) is 9.72 Å². The smallest absolute Gasteiger partial charge is 0.0775 e. The first-order valence-electron chi connectivity index (χ1n) is 38.7. The van der Waals surface area contributed by atoms with Gasteiger partial charge < -0.3 is 14.7 Å². The van der Waals surface area contributed by atoms with Crippen LogP contribution in [0.2, 0.25) is 58.9 Å². The summed E-state index contributed by atoms with van der Waals surface area (Å²) >= 11 is 0. The lowest BCUT2D eigenvalue weighted by Gasteiger charge is -2.26. The molecule has 0 aliphatic carbocycles. The summed E-state index contributed by atoms with van der Waals surface area (Å²) in [7, 11) is -3.92. The average molecular weight is 1480 g/mol. The van der Waals surface area contributed by atoms with Crippen molar-refractivity contribution in [3.63, 3.8) is 0 Å². The number of benzene rings is 16. The summed E-state index contributed by atoms with van der Waals surface area (Å²) in [6.07, 6.45) is 17.6. The Kier molecular flexibility index (Phi) is 21.9. The second-order valence-electron chi connectivity index (χ2n) is 32.0. The Morgan fingerprint density at radius 3 is 0.468 bits per heavy atom. The van der Waals surface area contributed by atoms with Gasteiger partial charge in [0.15, 0.2) is 0 Å². The van der Waals surface area contributed by atoms with Crippen LogP contribution in [0.25, 0.3) is 91.7 Å². The Hall–Kier alpha value is -12.4. The maximum absolute atomic E-state index is 2.39. The van der Waals surface area contributed by atoms with E-state index in [1.54, 1.807) is 0 Å². The van der Waals surface area contributed by atoms with E-state index < -0.39 is 24.2 Å². The van der Waals surface area contributed by atoms with Crippen molar-refractivity contribution in [3.8, 4) is 0 Å². The zero-order valence-electron chi connectivity index (χ0n) is 65.1. The zero-order valence-corrected chi connectivity index (χ0v) is 68.1. The first kappa shape index (κ1) is 74.1. The monoisotopic (exact) mass is 1480 g/mol. The lowest BCUT2D eigenvalue weighted by Crippen LogP contribution is -2.37. The minimum Gasteiger partial charge on any atom is -0.311 e. The second kappa shape index (κ2) is 32.8. The van der Waals surface area contributed by atoms with Crippen molar-refractivity contribution in [2.45, 2.75) is 58.9 Å². The van der Waals surface area contributed by atoms with Gasteiger partial charge in [0, 0.05) is 51.2 Å². The molecule has 16 aromatic carbocycles. The van der Waals surface area contributed by atoms with Crippen LogP contribution in [0.15, 0.2) is 364 Å². The molecule has 0 atom stereocenters. The van der Waals surface area contributed by atoms with Crippen molar-refractivity contribution >= 4 is 183 Å². The van der Waals surface area contributed by atoms with Crippen LogP contribution >= 0.6 is 0 Å². The molecule has 0 N–H and O–H groups in total. The highest BCUT2D eigenvalue weighted by Crippen LogP contribution is 2.41. The van der Waals surface area contributed by atoms with E-state index in [4.69, 9.17) is 0 Å². The number of hydrogen-bond donors (Lipinski definition) is 0. The number of fused-ring (bicyclic) bond motifs is 4. The molecular formula is C105H95N3Si3. The fourth-order valence-electron chi connectivity index (χ4n) is 14.3. The largest absolute Gasteiger partial charge is 0.311 e. The van der Waals surface area contributed by atoms with Crippen LogP contribution < -0.4 is 30.3 Å². The fraction of sp³-hybridized carbons (Fsp3) is 0.0857. The van der Waals surface area contributed by atoms with Crippen molar-refractivity contribution in [1.82, 2.24) is 0 Å². The van der Waals surface area contributed by atoms with E-state index in [2.05, 4.69) is 486 Å². The van der Waals surface area contributed by atoms with E-state index in [1.165, 1.54) is 92.0 Å². The summed E-state index contributed by atoms with van der Waals surface area (Å²) in [5, 5.41) is 14.3. The maximum Gasteiger partial charge on any atom is 0.0775 e. The summed E-state index contributed by atoms with van der Waals surface area (Å²) in [5.74, 6) is 0. The van der Waals surface area contributed by atoms with Crippen LogP contribution in [0, 0.1) is 0 Å². The van der Waals surface area contributed by atoms with Gasteiger partial charge in [0.05, 0.1) is 24.2 Å². The van der Waals surface area contributed by atoms with Crippen molar-refractivity contribution in [2.75, 3.05) is 14.7 Å². The Morgan fingerprint density at radius 2 is 0.297 bits per heavy atom. The molecule has 3 nitrogen and oxygen atoms in total. The van der Waals surface area contributed by atoms with E-state index in [9.17, 15) is 0 Å². The molecule has 111 heavy (non-hydrogen) atoms. The molecule has 0 unspecified atom stereocenters. The quantitative estimate of drug-likeness (QED) is 0.0556. The highest BCUT2D eigenvalue weighted by molar-refractivity contribution is 6.89. The molecule has 0 bridgehead atoms. The van der Waals surface area contributed by atoms with Crippen molar-refractivity contribution in [2.24, 2.45) is 0 Å². The van der Waals surface area contributed by atoms with Gasteiger partial charge in [-0.15, -0.1) is 0 Å². The molecule has 542 valence electrons. The standard InChI is InChI=1S/C54H38N2.C51H57NSi3/c1-5-13-45-35-51(31-23-41(45)9-1)55(52-32-24-42-10-2-6-14-46(42)36-52)49-27-19-39(20-28-49)17-18-40-21-29-50(30-22-40)56(53-33-25-43-11-3-7-15-47(43)37-53)54-34-26-44-12-4-8-16-48(44)38-54;1-53(2,3)49-34-22-43(23-35-49)13-10-40-16-28-46(29-17-40)52(47-30-18-41(19-31-47)11-14-44-24-36-50(37-25-44)54(4,5)6)48-32-20-42(21-33-48)12-15-45-26-38-51(39-27-45)55(7,8)9/h1-38H;10-39H,1-9H3/b18-17+;13-10+,14-11+,15-12+. The van der Waals surface area contributed by atoms with E-state index >= 15 is 0 Å². The van der Waals surface area contributed by atoms with Gasteiger partial charge in [-0.1, -0.05) is 378 Å². The molecule has 0 spiro atoms. The normalized spacial score (nSPS) is 12.0. The number of anilines is 9. The molecule has 0 saturated carbocycles. The third kappa shape index (κ3) is 18.2. The Labute approximate surface area is 660 Å². The van der Waals surface area contributed by atoms with Gasteiger partial charge in [-0.05, 0) is 197 Å². The van der Waals surface area contributed by atoms with E-state index in [1.807, 2.05) is 0 Å². The van der Waals surface area contributed by atoms with E-state index in [0.29, 0.717) is 0 Å². The second-order valence-corrected chi connectivity index (χ2v) is 47.3. The summed E-state index contributed by atoms with van der Waals surface area (Å²) in [5.41, 5.74) is 19.6. The van der Waals surface area contributed by atoms with Crippen LogP contribution in [0.1, 0.15) is 44.5 Å². The third-order valence-electron chi connectivity index (χ3n) is 20.9. The predicted molar refractivity (Wildman–Crippen MR) is 497 cm³/mol. The molecule has 6 heteroatoms. The van der Waals surface area contributed by atoms with Crippen molar-refractivity contribution in [3.05, 3.63) is 408 Å². The average Bonchev–Trinajstić information content (AvgIpc) is 0.791. The highest BCUT2D eigenvalue weighted by Gasteiger charge is 2.21. The lowest BCUT2D eigenvalue weighted by atomic mass is 10.1. The number of nitrogens with zero attached hydrogens (tertiary/aromatic N) is 3. The lowest BCUT2D eigenvalue weighted by molar-refractivity contribution is 1.28. The van der Waals surface area contributed by atoms with Gasteiger partial charge in [0.25, 0.3) is 0 Å². The van der Waals surface area contributed by atoms with Gasteiger partial charge in [-0.3, -0.25) is 0 Å². The van der Waals surface area contributed by atoms with Crippen LogP contribution in [-0.2, 0) is 0 Å². The molecule has 16 aromatic rings. The molecule has 0 radical (unpaired) electrons. The highest BCUT2D eigenvalue weighted by atomic mass is 28.3. The molecule has 0 aromatic heterocycles. The maximum atomic E-state index is 2.39. The van der Waals surface area contributed by atoms with Gasteiger partial charge in [-0.25, -0.2) is 0 Å². The fourth-order valence-corrected chi connectivity index (χ4v) is 17.8. The van der Waals surface area contributed by atoms with Crippen LogP contribution in [0.5, 0.6) is 0 Å². The molecule has 0 heterocycles. The Bertz CT molecular complexity index is 5390. The van der Waals surface area contributed by atoms with Gasteiger partial charge in [0.1, 0.15) is 0 Å². The third-order valence-corrected chi connectivity index (χ3v) is 27.1. The molecule has 16 rings (SSSR count). The molecule has 0 aliphatic heterocycles. The molecular weight excluding hydrogens is 1390 g/mol. The molecule has 0 amide bonds. The minimum atomic E-state index is -1.31. The predicted octanol–water partition coefficient (Wildman–Crippen LogP) is 28.7. The SMILES string of the molecule is C(=C\c1ccc(N(c2ccc3ccccc3c2)c2ccc3ccccc3c2)cc1)/c1ccc(N(c2ccc3ccccc3c2)c2ccc3ccccc3c2)cc1.C[Si](C)(C)c1ccc(/C=C/c2ccc(N(c3ccc(/C=C/c4ccc([Si](C)(C)C)cc4)cc3)c3ccc(/C=C/c4ccc([Si](C)(C)C)cc4)cc3)cc2)cc1. The summed E-state index contributed by atoms with van der Waals surface area (Å²) < 4.78 is 0. The van der Waals surface area contributed by atoms with Crippen molar-refractivity contribution in [1.29, 1.82) is 0 Å². The summed E-state index contributed by atoms with van der Waals surface area (Å²) in [6.45, 7) is 21.5. The van der Waals surface area contributed by atoms with Crippen LogP contribution in [0.4, 0.5) is 51.2 Å². The first-order valence-corrected chi connectivity index (χ1v) is 49.2. The molecule has 0 saturated heterocycles. The Balaban J connectivity index is 0.000000176. The number of hydrogen-bond acceptors (Lipinski definition) is 3. The van der Waals surface area contributed by atoms with E-state index in [0.717, 1.165) is 62.3 Å². The van der Waals surface area contributed by atoms with Gasteiger partial charge in [0.2, 0.25) is 0 Å². The number of rotatable bonds is 20. The molecule has 0 fully saturated rings. The summed E-state index contributed by atoms with van der Waals surface area (Å²) in [4.78, 5) is 7.04. The minimum absolute atomic E-state index is 1.11. The van der Waals surface area contributed by atoms with E-state index in [-0.39, 0.29) is 0 Å². The summed E-state index contributed by atoms with van der Waals surface area (Å²) in [6, 6.07) is 133. The Morgan fingerprint density at radius 1 is 0.153 bits per heavy atom. The van der Waals surface area contributed by atoms with Crippen LogP contribution in [0.3, 0.4) is 0 Å². The van der Waals surface area contributed by atoms with Gasteiger partial charge >= 0.3 is 0 Å². The first-order chi connectivity index (χ1) is 53.8.